The lowest BCUT2D eigenvalue weighted by Gasteiger charge is -2.18. The van der Waals surface area contributed by atoms with Crippen molar-refractivity contribution < 1.29 is 4.79 Å². The molecule has 0 saturated carbocycles. The number of nitrogens with one attached hydrogen (secondary N) is 2. The van der Waals surface area contributed by atoms with E-state index in [4.69, 9.17) is 0 Å². The molecule has 0 spiro atoms. The number of nitrogens with zero attached hydrogens (tertiary/aromatic N) is 1. The predicted octanol–water partition coefficient (Wildman–Crippen LogP) is 2.55. The van der Waals surface area contributed by atoms with Crippen molar-refractivity contribution in [1.82, 2.24) is 4.98 Å². The van der Waals surface area contributed by atoms with Gasteiger partial charge in [0.15, 0.2) is 5.78 Å². The van der Waals surface area contributed by atoms with Crippen LogP contribution in [0, 0.1) is 0 Å². The van der Waals surface area contributed by atoms with E-state index in [9.17, 15) is 14.4 Å². The quantitative estimate of drug-likeness (QED) is 0.690. The van der Waals surface area contributed by atoms with E-state index in [0.717, 1.165) is 29.7 Å². The number of ketones is 1. The summed E-state index contributed by atoms with van der Waals surface area (Å²) in [6.45, 7) is 0.360. The van der Waals surface area contributed by atoms with E-state index in [-0.39, 0.29) is 17.2 Å². The first-order valence-electron chi connectivity index (χ1n) is 8.54. The summed E-state index contributed by atoms with van der Waals surface area (Å²) in [5, 5.41) is 6.01. The molecule has 1 aliphatic rings. The normalized spacial score (nSPS) is 13.5. The summed E-state index contributed by atoms with van der Waals surface area (Å²) >= 11 is 0. The van der Waals surface area contributed by atoms with E-state index < -0.39 is 10.9 Å². The summed E-state index contributed by atoms with van der Waals surface area (Å²) in [6, 6.07) is 10.9. The van der Waals surface area contributed by atoms with Gasteiger partial charge in [-0.15, -0.1) is 0 Å². The van der Waals surface area contributed by atoms with Crippen LogP contribution in [0.1, 0.15) is 34.5 Å². The minimum Gasteiger partial charge on any atom is -0.374 e. The molecule has 0 bridgehead atoms. The number of carbonyl (C=O) groups is 1. The molecule has 3 aromatic rings. The van der Waals surface area contributed by atoms with Crippen LogP contribution in [0.2, 0.25) is 0 Å². The summed E-state index contributed by atoms with van der Waals surface area (Å²) in [7, 11) is 0. The van der Waals surface area contributed by atoms with Crippen LogP contribution in [-0.2, 0) is 13.0 Å². The highest BCUT2D eigenvalue weighted by molar-refractivity contribution is 5.99. The van der Waals surface area contributed by atoms with E-state index in [1.54, 1.807) is 18.3 Å². The topological polar surface area (TPSA) is 88.2 Å². The summed E-state index contributed by atoms with van der Waals surface area (Å²) in [5.41, 5.74) is 2.67. The second kappa shape index (κ2) is 6.55. The van der Waals surface area contributed by atoms with Crippen molar-refractivity contribution in [1.29, 1.82) is 0 Å². The van der Waals surface area contributed by atoms with Crippen LogP contribution < -0.4 is 21.5 Å². The Morgan fingerprint density at radius 3 is 2.62 bits per heavy atom. The van der Waals surface area contributed by atoms with Crippen LogP contribution >= 0.6 is 0 Å². The number of carbonyl (C=O) groups excluding carboxylic acids is 1. The van der Waals surface area contributed by atoms with Crippen molar-refractivity contribution in [3.05, 3.63) is 79.9 Å². The number of aryl methyl sites for hydroxylation is 1. The van der Waals surface area contributed by atoms with E-state index >= 15 is 0 Å². The Kier molecular flexibility index (Phi) is 4.08. The van der Waals surface area contributed by atoms with E-state index in [1.807, 2.05) is 24.3 Å². The van der Waals surface area contributed by atoms with Gasteiger partial charge in [0, 0.05) is 23.9 Å². The van der Waals surface area contributed by atoms with Gasteiger partial charge in [0.2, 0.25) is 0 Å². The standard InChI is InChI=1S/C20H17N3O3/c24-16-6-3-4-12-10-13(7-8-15(12)16)23-18-17(19(25)20(18)26)22-11-14-5-1-2-9-21-14/h1-2,5,7-10,22-23H,3-4,6,11H2. The molecule has 1 aliphatic carbocycles. The van der Waals surface area contributed by atoms with Gasteiger partial charge < -0.3 is 10.6 Å². The average molecular weight is 347 g/mol. The van der Waals surface area contributed by atoms with Gasteiger partial charge in [0.25, 0.3) is 10.9 Å². The molecule has 26 heavy (non-hydrogen) atoms. The van der Waals surface area contributed by atoms with E-state index in [1.165, 1.54) is 0 Å². The average Bonchev–Trinajstić information content (AvgIpc) is 2.68. The third-order valence-electron chi connectivity index (χ3n) is 4.61. The Morgan fingerprint density at radius 2 is 1.81 bits per heavy atom. The molecule has 0 saturated heterocycles. The van der Waals surface area contributed by atoms with Gasteiger partial charge in [-0.3, -0.25) is 19.4 Å². The van der Waals surface area contributed by atoms with Crippen LogP contribution in [0.25, 0.3) is 0 Å². The first-order valence-corrected chi connectivity index (χ1v) is 8.54. The van der Waals surface area contributed by atoms with Crippen LogP contribution in [-0.4, -0.2) is 10.8 Å². The molecule has 0 atom stereocenters. The van der Waals surface area contributed by atoms with Crippen LogP contribution in [0.5, 0.6) is 0 Å². The SMILES string of the molecule is O=C1CCCc2cc(Nc3c(NCc4ccccn4)c(=O)c3=O)ccc21. The highest BCUT2D eigenvalue weighted by Gasteiger charge is 2.22. The summed E-state index contributed by atoms with van der Waals surface area (Å²) in [5.74, 6) is 0.157. The number of benzene rings is 1. The Bertz CT molecular complexity index is 1050. The Hall–Kier alpha value is -3.28. The van der Waals surface area contributed by atoms with Crippen molar-refractivity contribution in [2.24, 2.45) is 0 Å². The van der Waals surface area contributed by atoms with Crippen molar-refractivity contribution in [2.45, 2.75) is 25.8 Å². The molecule has 0 radical (unpaired) electrons. The summed E-state index contributed by atoms with van der Waals surface area (Å²) in [6.07, 6.45) is 3.94. The highest BCUT2D eigenvalue weighted by Crippen LogP contribution is 2.27. The van der Waals surface area contributed by atoms with Gasteiger partial charge in [0.1, 0.15) is 11.4 Å². The summed E-state index contributed by atoms with van der Waals surface area (Å²) < 4.78 is 0. The zero-order valence-corrected chi connectivity index (χ0v) is 14.0. The zero-order chi connectivity index (χ0) is 18.1. The molecular formula is C20H17N3O3. The number of rotatable bonds is 5. The highest BCUT2D eigenvalue weighted by atomic mass is 16.2. The van der Waals surface area contributed by atoms with Crippen LogP contribution in [0.3, 0.4) is 0 Å². The van der Waals surface area contributed by atoms with Crippen molar-refractivity contribution in [3.63, 3.8) is 0 Å². The lowest BCUT2D eigenvalue weighted by Crippen LogP contribution is -2.36. The van der Waals surface area contributed by atoms with Crippen LogP contribution in [0.15, 0.2) is 52.2 Å². The number of fused-ring (bicyclic) bond motifs is 1. The first kappa shape index (κ1) is 16.2. The summed E-state index contributed by atoms with van der Waals surface area (Å²) in [4.78, 5) is 39.9. The fraction of sp³-hybridized carbons (Fsp3) is 0.200. The molecule has 0 amide bonds. The molecule has 2 N–H and O–H groups in total. The van der Waals surface area contributed by atoms with Gasteiger partial charge in [0.05, 0.1) is 12.2 Å². The largest absolute Gasteiger partial charge is 0.374 e. The smallest absolute Gasteiger partial charge is 0.253 e. The molecule has 0 fully saturated rings. The Morgan fingerprint density at radius 1 is 0.962 bits per heavy atom. The van der Waals surface area contributed by atoms with Crippen molar-refractivity contribution >= 4 is 22.8 Å². The number of anilines is 3. The lowest BCUT2D eigenvalue weighted by molar-refractivity contribution is 0.0972. The maximum absolute atomic E-state index is 11.9. The second-order valence-corrected chi connectivity index (χ2v) is 6.36. The van der Waals surface area contributed by atoms with Crippen molar-refractivity contribution in [2.75, 3.05) is 10.6 Å². The Labute approximate surface area is 149 Å². The minimum absolute atomic E-state index is 0.157. The Balaban J connectivity index is 1.54. The molecule has 130 valence electrons. The lowest BCUT2D eigenvalue weighted by atomic mass is 9.90. The molecule has 4 rings (SSSR count). The molecule has 0 aliphatic heterocycles. The molecule has 6 nitrogen and oxygen atoms in total. The number of hydrogen-bond acceptors (Lipinski definition) is 6. The van der Waals surface area contributed by atoms with Gasteiger partial charge in [-0.05, 0) is 48.7 Å². The number of aromatic nitrogens is 1. The molecule has 1 aromatic heterocycles. The fourth-order valence-corrected chi connectivity index (χ4v) is 3.23. The fourth-order valence-electron chi connectivity index (χ4n) is 3.23. The third-order valence-corrected chi connectivity index (χ3v) is 4.61. The van der Waals surface area contributed by atoms with Crippen molar-refractivity contribution in [3.8, 4) is 0 Å². The molecule has 6 heteroatoms. The molecule has 0 unspecified atom stereocenters. The van der Waals surface area contributed by atoms with Gasteiger partial charge >= 0.3 is 0 Å². The predicted molar refractivity (Wildman–Crippen MR) is 99.9 cm³/mol. The number of Topliss-reactive ketones (excluding diaryl/α,β-unsaturated/α-hetero) is 1. The van der Waals surface area contributed by atoms with Gasteiger partial charge in [-0.2, -0.15) is 0 Å². The first-order chi connectivity index (χ1) is 12.6. The van der Waals surface area contributed by atoms with E-state index in [0.29, 0.717) is 18.7 Å². The maximum atomic E-state index is 11.9. The van der Waals surface area contributed by atoms with Crippen LogP contribution in [0.4, 0.5) is 17.1 Å². The van der Waals surface area contributed by atoms with E-state index in [2.05, 4.69) is 15.6 Å². The molecule has 1 heterocycles. The molecule has 2 aromatic carbocycles. The zero-order valence-electron chi connectivity index (χ0n) is 14.0. The van der Waals surface area contributed by atoms with Gasteiger partial charge in [-0.1, -0.05) is 6.07 Å². The maximum Gasteiger partial charge on any atom is 0.253 e. The monoisotopic (exact) mass is 347 g/mol. The minimum atomic E-state index is -0.540. The second-order valence-electron chi connectivity index (χ2n) is 6.36. The number of pyridine rings is 1. The third kappa shape index (κ3) is 2.90. The molecular weight excluding hydrogens is 330 g/mol. The van der Waals surface area contributed by atoms with Gasteiger partial charge in [-0.25, -0.2) is 0 Å². The number of hydrogen-bond donors (Lipinski definition) is 2.